The lowest BCUT2D eigenvalue weighted by atomic mass is 9.65. The van der Waals surface area contributed by atoms with E-state index in [9.17, 15) is 22.8 Å². The number of halogens is 3. The smallest absolute Gasteiger partial charge is 0.422 e. The Morgan fingerprint density at radius 1 is 1.27 bits per heavy atom. The molecule has 0 unspecified atom stereocenters. The number of rotatable bonds is 6. The maximum absolute atomic E-state index is 12.4. The Morgan fingerprint density at radius 2 is 1.94 bits per heavy atom. The largest absolute Gasteiger partial charge is 0.484 e. The van der Waals surface area contributed by atoms with Crippen molar-refractivity contribution in [1.82, 2.24) is 14.7 Å². The number of carbonyl (C=O) groups is 2. The van der Waals surface area contributed by atoms with Crippen LogP contribution >= 0.6 is 0 Å². The number of amides is 2. The predicted octanol–water partition coefficient (Wildman–Crippen LogP) is 2.91. The number of nitrogens with zero attached hydrogens (tertiary/aromatic N) is 3. The molecule has 2 aliphatic rings. The molecule has 1 saturated heterocycles. The molecule has 2 fully saturated rings. The lowest BCUT2D eigenvalue weighted by molar-refractivity contribution is -0.153. The predicted molar refractivity (Wildman–Crippen MR) is 114 cm³/mol. The SMILES string of the molecule is C=CC(=O)N1CCC2(CC(n3nc(-c4ccc(OCC(F)(F)F)cc4)c(C(N)=O)c3N)C2)C1. The molecule has 1 saturated carbocycles. The molecule has 2 amide bonds. The molecule has 2 heterocycles. The Kier molecular flexibility index (Phi) is 5.59. The summed E-state index contributed by atoms with van der Waals surface area (Å²) < 4.78 is 43.4. The topological polar surface area (TPSA) is 116 Å². The zero-order valence-electron chi connectivity index (χ0n) is 17.8. The first kappa shape index (κ1) is 22.7. The van der Waals surface area contributed by atoms with Crippen molar-refractivity contribution in [2.75, 3.05) is 25.4 Å². The molecule has 1 aromatic heterocycles. The van der Waals surface area contributed by atoms with E-state index in [0.29, 0.717) is 18.7 Å². The lowest BCUT2D eigenvalue weighted by Crippen LogP contribution is -2.42. The van der Waals surface area contributed by atoms with Crippen molar-refractivity contribution in [2.45, 2.75) is 31.5 Å². The van der Waals surface area contributed by atoms with Gasteiger partial charge in [-0.05, 0) is 55.0 Å². The van der Waals surface area contributed by atoms with E-state index >= 15 is 0 Å². The zero-order valence-corrected chi connectivity index (χ0v) is 17.8. The van der Waals surface area contributed by atoms with E-state index in [2.05, 4.69) is 11.7 Å². The molecule has 176 valence electrons. The van der Waals surface area contributed by atoms with Crippen molar-refractivity contribution in [3.63, 3.8) is 0 Å². The van der Waals surface area contributed by atoms with Crippen molar-refractivity contribution in [3.8, 4) is 17.0 Å². The summed E-state index contributed by atoms with van der Waals surface area (Å²) in [6.07, 6.45) is -0.755. The summed E-state index contributed by atoms with van der Waals surface area (Å²) in [6, 6.07) is 5.68. The van der Waals surface area contributed by atoms with Crippen molar-refractivity contribution in [2.24, 2.45) is 11.1 Å². The van der Waals surface area contributed by atoms with Crippen LogP contribution in [0.25, 0.3) is 11.3 Å². The first-order valence-corrected chi connectivity index (χ1v) is 10.4. The van der Waals surface area contributed by atoms with Crippen LogP contribution in [0.1, 0.15) is 35.7 Å². The molecule has 1 aliphatic carbocycles. The van der Waals surface area contributed by atoms with E-state index in [1.807, 2.05) is 0 Å². The van der Waals surface area contributed by atoms with Crippen LogP contribution in [0.2, 0.25) is 0 Å². The monoisotopic (exact) mass is 463 g/mol. The number of hydrogen-bond acceptors (Lipinski definition) is 5. The number of benzene rings is 1. The Bertz CT molecular complexity index is 1090. The second kappa shape index (κ2) is 8.13. The van der Waals surface area contributed by atoms with E-state index in [4.69, 9.17) is 16.2 Å². The van der Waals surface area contributed by atoms with Gasteiger partial charge in [0, 0.05) is 18.7 Å². The normalized spacial score (nSPS) is 22.3. The second-order valence-corrected chi connectivity index (χ2v) is 8.62. The highest BCUT2D eigenvalue weighted by Gasteiger charge is 2.50. The first-order chi connectivity index (χ1) is 15.5. The van der Waals surface area contributed by atoms with Gasteiger partial charge in [0.2, 0.25) is 5.91 Å². The number of anilines is 1. The van der Waals surface area contributed by atoms with E-state index in [1.54, 1.807) is 9.58 Å². The number of likely N-dealkylation sites (tertiary alicyclic amines) is 1. The van der Waals surface area contributed by atoms with Gasteiger partial charge in [0.05, 0.1) is 6.04 Å². The number of ether oxygens (including phenoxy) is 1. The molecule has 11 heteroatoms. The third-order valence-corrected chi connectivity index (χ3v) is 6.33. The van der Waals surface area contributed by atoms with Gasteiger partial charge in [0.25, 0.3) is 5.91 Å². The standard InChI is InChI=1S/C22H24F3N5O3/c1-2-16(31)29-8-7-21(11-29)9-14(10-21)30-19(26)17(20(27)32)18(28-30)13-3-5-15(6-4-13)33-12-22(23,24)25/h2-6,14H,1,7-12,26H2,(H2,27,32). The fourth-order valence-electron chi connectivity index (χ4n) is 4.74. The molecule has 8 nitrogen and oxygen atoms in total. The van der Waals surface area contributed by atoms with Gasteiger partial charge >= 0.3 is 6.18 Å². The Morgan fingerprint density at radius 3 is 2.52 bits per heavy atom. The van der Waals surface area contributed by atoms with E-state index in [-0.39, 0.29) is 40.2 Å². The molecule has 4 N–H and O–H groups in total. The highest BCUT2D eigenvalue weighted by Crippen LogP contribution is 2.54. The fourth-order valence-corrected chi connectivity index (χ4v) is 4.74. The highest BCUT2D eigenvalue weighted by atomic mass is 19.4. The third kappa shape index (κ3) is 4.39. The molecule has 33 heavy (non-hydrogen) atoms. The van der Waals surface area contributed by atoms with Gasteiger partial charge in [-0.2, -0.15) is 18.3 Å². The minimum absolute atomic E-state index is 0.00769. The number of nitrogen functional groups attached to an aromatic ring is 1. The van der Waals surface area contributed by atoms with Gasteiger partial charge in [-0.15, -0.1) is 0 Å². The van der Waals surface area contributed by atoms with E-state index < -0.39 is 18.7 Å². The van der Waals surface area contributed by atoms with Crippen molar-refractivity contribution >= 4 is 17.6 Å². The number of alkyl halides is 3. The van der Waals surface area contributed by atoms with Crippen LogP contribution in [0.5, 0.6) is 5.75 Å². The summed E-state index contributed by atoms with van der Waals surface area (Å²) in [4.78, 5) is 25.8. The maximum Gasteiger partial charge on any atom is 0.422 e. The number of hydrogen-bond donors (Lipinski definition) is 2. The summed E-state index contributed by atoms with van der Waals surface area (Å²) >= 11 is 0. The summed E-state index contributed by atoms with van der Waals surface area (Å²) in [5.74, 6) is -0.657. The minimum Gasteiger partial charge on any atom is -0.484 e. The number of aromatic nitrogens is 2. The van der Waals surface area contributed by atoms with E-state index in [0.717, 1.165) is 19.3 Å². The molecule has 4 rings (SSSR count). The van der Waals surface area contributed by atoms with Crippen LogP contribution in [-0.2, 0) is 4.79 Å². The van der Waals surface area contributed by atoms with Crippen LogP contribution in [-0.4, -0.2) is 52.4 Å². The summed E-state index contributed by atoms with van der Waals surface area (Å²) in [7, 11) is 0. The summed E-state index contributed by atoms with van der Waals surface area (Å²) in [5, 5.41) is 4.54. The Hall–Kier alpha value is -3.50. The molecule has 1 aromatic carbocycles. The van der Waals surface area contributed by atoms with Gasteiger partial charge in [-0.3, -0.25) is 9.59 Å². The van der Waals surface area contributed by atoms with Crippen LogP contribution in [0, 0.1) is 5.41 Å². The Balaban J connectivity index is 1.53. The summed E-state index contributed by atoms with van der Waals surface area (Å²) in [5.41, 5.74) is 12.6. The van der Waals surface area contributed by atoms with Gasteiger partial charge in [-0.1, -0.05) is 6.58 Å². The zero-order chi connectivity index (χ0) is 24.0. The fraction of sp³-hybridized carbons (Fsp3) is 0.409. The van der Waals surface area contributed by atoms with Gasteiger partial charge in [0.15, 0.2) is 6.61 Å². The molecule has 1 aliphatic heterocycles. The van der Waals surface area contributed by atoms with Gasteiger partial charge < -0.3 is 21.1 Å². The summed E-state index contributed by atoms with van der Waals surface area (Å²) in [6.45, 7) is 3.45. The molecule has 0 atom stereocenters. The molecular weight excluding hydrogens is 439 g/mol. The minimum atomic E-state index is -4.44. The highest BCUT2D eigenvalue weighted by molar-refractivity contribution is 6.03. The van der Waals surface area contributed by atoms with Crippen molar-refractivity contribution < 1.29 is 27.5 Å². The quantitative estimate of drug-likeness (QED) is 0.639. The molecular formula is C22H24F3N5O3. The average Bonchev–Trinajstić information content (AvgIpc) is 3.32. The first-order valence-electron chi connectivity index (χ1n) is 10.4. The molecule has 0 radical (unpaired) electrons. The number of nitrogens with two attached hydrogens (primary N) is 2. The van der Waals surface area contributed by atoms with Crippen LogP contribution in [0.3, 0.4) is 0 Å². The Labute approximate surface area is 188 Å². The lowest BCUT2D eigenvalue weighted by Gasteiger charge is -2.45. The maximum atomic E-state index is 12.4. The molecule has 2 aromatic rings. The van der Waals surface area contributed by atoms with Gasteiger partial charge in [0.1, 0.15) is 22.8 Å². The van der Waals surface area contributed by atoms with Crippen molar-refractivity contribution in [1.29, 1.82) is 0 Å². The molecule has 0 bridgehead atoms. The van der Waals surface area contributed by atoms with E-state index in [1.165, 1.54) is 30.3 Å². The number of primary amides is 1. The van der Waals surface area contributed by atoms with Crippen LogP contribution < -0.4 is 16.2 Å². The molecule has 1 spiro atoms. The van der Waals surface area contributed by atoms with Gasteiger partial charge in [-0.25, -0.2) is 4.68 Å². The number of carbonyl (C=O) groups excluding carboxylic acids is 2. The average molecular weight is 463 g/mol. The van der Waals surface area contributed by atoms with Crippen LogP contribution in [0.15, 0.2) is 36.9 Å². The third-order valence-electron chi connectivity index (χ3n) is 6.33. The van der Waals surface area contributed by atoms with Crippen molar-refractivity contribution in [3.05, 3.63) is 42.5 Å². The second-order valence-electron chi connectivity index (χ2n) is 8.62. The van der Waals surface area contributed by atoms with Crippen LogP contribution in [0.4, 0.5) is 19.0 Å².